The van der Waals surface area contributed by atoms with Crippen LogP contribution in [0.15, 0.2) is 54.2 Å². The number of para-hydroxylation sites is 1. The molecule has 0 atom stereocenters. The maximum Gasteiger partial charge on any atom is 0.338 e. The van der Waals surface area contributed by atoms with Crippen LogP contribution >= 0.6 is 11.3 Å². The van der Waals surface area contributed by atoms with Gasteiger partial charge in [-0.05, 0) is 12.1 Å². The van der Waals surface area contributed by atoms with E-state index >= 15 is 0 Å². The summed E-state index contributed by atoms with van der Waals surface area (Å²) in [5.41, 5.74) is 0.744. The van der Waals surface area contributed by atoms with Gasteiger partial charge >= 0.3 is 5.97 Å². The Bertz CT molecular complexity index is 975. The smallest absolute Gasteiger partial charge is 0.338 e. The van der Waals surface area contributed by atoms with Crippen molar-refractivity contribution in [2.45, 2.75) is 13.5 Å². The molecule has 3 aromatic rings. The highest BCUT2D eigenvalue weighted by Crippen LogP contribution is 2.30. The Morgan fingerprint density at radius 2 is 1.96 bits per heavy atom. The molecule has 0 aliphatic carbocycles. The lowest BCUT2D eigenvalue weighted by Gasteiger charge is -2.18. The molecule has 138 valence electrons. The summed E-state index contributed by atoms with van der Waals surface area (Å²) >= 11 is 1.13. The zero-order chi connectivity index (χ0) is 19.4. The molecule has 2 aromatic heterocycles. The zero-order valence-electron chi connectivity index (χ0n) is 14.2. The number of carbonyl (C=O) groups excluding carboxylic acids is 2. The highest BCUT2D eigenvalue weighted by atomic mass is 32.1. The lowest BCUT2D eigenvalue weighted by molar-refractivity contribution is -0.605. The van der Waals surface area contributed by atoms with Crippen molar-refractivity contribution in [1.82, 2.24) is 4.98 Å². The number of amides is 1. The summed E-state index contributed by atoms with van der Waals surface area (Å²) in [5, 5.41) is 12.9. The third kappa shape index (κ3) is 4.26. The van der Waals surface area contributed by atoms with Gasteiger partial charge in [0.05, 0.1) is 16.9 Å². The van der Waals surface area contributed by atoms with Gasteiger partial charge in [-0.2, -0.15) is 4.73 Å². The number of ether oxygens (including phenoxy) is 1. The van der Waals surface area contributed by atoms with Gasteiger partial charge in [-0.15, -0.1) is 11.3 Å². The zero-order valence-corrected chi connectivity index (χ0v) is 15.0. The number of carbonyl (C=O) groups is 2. The number of anilines is 2. The number of halogens is 1. The van der Waals surface area contributed by atoms with Gasteiger partial charge in [0.2, 0.25) is 5.91 Å². The number of pyridine rings is 1. The van der Waals surface area contributed by atoms with E-state index in [1.807, 2.05) is 0 Å². The van der Waals surface area contributed by atoms with E-state index in [4.69, 9.17) is 4.74 Å². The van der Waals surface area contributed by atoms with Crippen LogP contribution in [0.4, 0.5) is 15.2 Å². The molecule has 27 heavy (non-hydrogen) atoms. The molecule has 1 amide bonds. The minimum Gasteiger partial charge on any atom is -0.619 e. The largest absolute Gasteiger partial charge is 0.619 e. The van der Waals surface area contributed by atoms with Crippen LogP contribution in [0.3, 0.4) is 0 Å². The molecule has 0 N–H and O–H groups in total. The van der Waals surface area contributed by atoms with Gasteiger partial charge in [-0.1, -0.05) is 12.1 Å². The number of rotatable bonds is 5. The number of benzene rings is 1. The van der Waals surface area contributed by atoms with Crippen molar-refractivity contribution in [3.63, 3.8) is 0 Å². The summed E-state index contributed by atoms with van der Waals surface area (Å²) in [6.07, 6.45) is 2.38. The van der Waals surface area contributed by atoms with E-state index in [1.165, 1.54) is 49.6 Å². The maximum atomic E-state index is 14.1. The Balaban J connectivity index is 1.73. The van der Waals surface area contributed by atoms with Crippen LogP contribution < -0.4 is 9.63 Å². The van der Waals surface area contributed by atoms with Gasteiger partial charge in [-0.25, -0.2) is 14.2 Å². The van der Waals surface area contributed by atoms with Crippen LogP contribution in [-0.4, -0.2) is 16.9 Å². The standard InChI is InChI=1S/C18H14FN3O4S/c1-12(23)22(16-5-3-2-4-15(16)19)18-20-14(11-27-18)10-26-17(24)13-6-8-21(25)9-7-13/h2-9,11H,10H2,1H3. The van der Waals surface area contributed by atoms with Gasteiger partial charge in [0.15, 0.2) is 17.5 Å². The van der Waals surface area contributed by atoms with E-state index in [9.17, 15) is 19.2 Å². The Morgan fingerprint density at radius 3 is 2.63 bits per heavy atom. The molecule has 3 rings (SSSR count). The molecule has 0 spiro atoms. The minimum atomic E-state index is -0.609. The predicted octanol–water partition coefficient (Wildman–Crippen LogP) is 2.96. The number of esters is 1. The molecule has 0 bridgehead atoms. The molecule has 2 heterocycles. The molecule has 0 saturated carbocycles. The molecule has 0 radical (unpaired) electrons. The van der Waals surface area contributed by atoms with E-state index in [0.29, 0.717) is 10.4 Å². The van der Waals surface area contributed by atoms with Crippen LogP contribution in [0.2, 0.25) is 0 Å². The molecule has 1 aromatic carbocycles. The molecule has 7 nitrogen and oxygen atoms in total. The highest BCUT2D eigenvalue weighted by Gasteiger charge is 2.21. The molecule has 9 heteroatoms. The average Bonchev–Trinajstić information content (AvgIpc) is 3.10. The second-order valence-electron chi connectivity index (χ2n) is 5.45. The van der Waals surface area contributed by atoms with Crippen LogP contribution in [0.1, 0.15) is 23.0 Å². The van der Waals surface area contributed by atoms with Crippen molar-refractivity contribution < 1.29 is 23.4 Å². The summed E-state index contributed by atoms with van der Waals surface area (Å²) in [7, 11) is 0. The van der Waals surface area contributed by atoms with Gasteiger partial charge in [-0.3, -0.25) is 9.69 Å². The van der Waals surface area contributed by atoms with Gasteiger partial charge in [0.1, 0.15) is 12.4 Å². The molecule has 0 aliphatic rings. The Hall–Kier alpha value is -3.33. The lowest BCUT2D eigenvalue weighted by atomic mass is 10.3. The van der Waals surface area contributed by atoms with E-state index in [1.54, 1.807) is 11.4 Å². The fourth-order valence-electron chi connectivity index (χ4n) is 2.28. The van der Waals surface area contributed by atoms with Gasteiger partial charge in [0, 0.05) is 24.4 Å². The van der Waals surface area contributed by atoms with Crippen LogP contribution in [0, 0.1) is 11.0 Å². The summed E-state index contributed by atoms with van der Waals surface area (Å²) in [6, 6.07) is 8.58. The molecular formula is C18H14FN3O4S. The molecule has 0 fully saturated rings. The maximum absolute atomic E-state index is 14.1. The first kappa shape index (κ1) is 18.5. The number of hydrogen-bond donors (Lipinski definition) is 0. The summed E-state index contributed by atoms with van der Waals surface area (Å²) < 4.78 is 19.8. The van der Waals surface area contributed by atoms with Crippen molar-refractivity contribution >= 4 is 34.0 Å². The highest BCUT2D eigenvalue weighted by molar-refractivity contribution is 7.14. The molecular weight excluding hydrogens is 373 g/mol. The number of nitrogens with zero attached hydrogens (tertiary/aromatic N) is 3. The summed E-state index contributed by atoms with van der Waals surface area (Å²) in [5.74, 6) is -1.55. The Morgan fingerprint density at radius 1 is 1.26 bits per heavy atom. The van der Waals surface area contributed by atoms with Crippen LogP contribution in [-0.2, 0) is 16.1 Å². The predicted molar refractivity (Wildman–Crippen MR) is 95.9 cm³/mol. The quantitative estimate of drug-likeness (QED) is 0.382. The monoisotopic (exact) mass is 387 g/mol. The van der Waals surface area contributed by atoms with Crippen molar-refractivity contribution in [2.24, 2.45) is 0 Å². The summed E-state index contributed by atoms with van der Waals surface area (Å²) in [4.78, 5) is 29.4. The molecule has 0 aliphatic heterocycles. The van der Waals surface area contributed by atoms with E-state index in [-0.39, 0.29) is 23.0 Å². The summed E-state index contributed by atoms with van der Waals surface area (Å²) in [6.45, 7) is 1.19. The van der Waals surface area contributed by atoms with E-state index in [0.717, 1.165) is 16.2 Å². The Labute approximate surface area is 157 Å². The average molecular weight is 387 g/mol. The first-order valence-corrected chi connectivity index (χ1v) is 8.69. The van der Waals surface area contributed by atoms with E-state index in [2.05, 4.69) is 4.98 Å². The minimum absolute atomic E-state index is 0.0955. The third-order valence-electron chi connectivity index (χ3n) is 3.53. The third-order valence-corrected chi connectivity index (χ3v) is 4.40. The fraction of sp³-hybridized carbons (Fsp3) is 0.111. The van der Waals surface area contributed by atoms with Crippen molar-refractivity contribution in [3.8, 4) is 0 Å². The van der Waals surface area contributed by atoms with E-state index < -0.39 is 17.7 Å². The lowest BCUT2D eigenvalue weighted by Crippen LogP contribution is -2.24. The second-order valence-corrected chi connectivity index (χ2v) is 6.29. The van der Waals surface area contributed by atoms with Crippen molar-refractivity contribution in [1.29, 1.82) is 0 Å². The Kier molecular flexibility index (Phi) is 5.41. The van der Waals surface area contributed by atoms with Crippen LogP contribution in [0.5, 0.6) is 0 Å². The van der Waals surface area contributed by atoms with Crippen LogP contribution in [0.25, 0.3) is 0 Å². The number of aromatic nitrogens is 2. The number of thiazole rings is 1. The van der Waals surface area contributed by atoms with Crippen molar-refractivity contribution in [2.75, 3.05) is 4.90 Å². The topological polar surface area (TPSA) is 86.4 Å². The molecule has 0 saturated heterocycles. The fourth-order valence-corrected chi connectivity index (χ4v) is 3.14. The number of hydrogen-bond acceptors (Lipinski definition) is 6. The second kappa shape index (κ2) is 7.92. The van der Waals surface area contributed by atoms with Gasteiger partial charge < -0.3 is 9.94 Å². The SMILES string of the molecule is CC(=O)N(c1nc(COC(=O)c2cc[n+]([O-])cc2)cs1)c1ccccc1F. The van der Waals surface area contributed by atoms with Gasteiger partial charge in [0.25, 0.3) is 0 Å². The first-order valence-electron chi connectivity index (χ1n) is 7.81. The van der Waals surface area contributed by atoms with Crippen molar-refractivity contribution in [3.05, 3.63) is 76.5 Å². The molecule has 0 unspecified atom stereocenters. The first-order chi connectivity index (χ1) is 13.0. The normalized spacial score (nSPS) is 10.4.